The van der Waals surface area contributed by atoms with Crippen LogP contribution in [0, 0.1) is 27.9 Å². The summed E-state index contributed by atoms with van der Waals surface area (Å²) in [4.78, 5) is 10.1. The zero-order chi connectivity index (χ0) is 15.0. The summed E-state index contributed by atoms with van der Waals surface area (Å²) in [5, 5.41) is 10.6. The van der Waals surface area contributed by atoms with Crippen LogP contribution in [0.2, 0.25) is 0 Å². The molecule has 0 spiro atoms. The summed E-state index contributed by atoms with van der Waals surface area (Å²) in [6.45, 7) is 0.473. The smallest absolute Gasteiger partial charge is 0.258 e. The highest BCUT2D eigenvalue weighted by Crippen LogP contribution is 2.48. The van der Waals surface area contributed by atoms with E-state index in [9.17, 15) is 18.5 Å². The molecule has 6 nitrogen and oxygen atoms in total. The molecule has 3 rings (SSSR count). The molecular weight excluding hydrogens is 292 g/mol. The maximum atomic E-state index is 12.2. The quantitative estimate of drug-likeness (QED) is 0.667. The van der Waals surface area contributed by atoms with Crippen LogP contribution in [0.15, 0.2) is 29.2 Å². The van der Waals surface area contributed by atoms with Gasteiger partial charge < -0.3 is 0 Å². The van der Waals surface area contributed by atoms with Crippen LogP contribution in [0.5, 0.6) is 0 Å². The molecule has 2 aliphatic carbocycles. The third kappa shape index (κ3) is 2.94. The van der Waals surface area contributed by atoms with Crippen molar-refractivity contribution in [3.8, 4) is 0 Å². The minimum atomic E-state index is -3.58. The lowest BCUT2D eigenvalue weighted by Gasteiger charge is -2.21. The number of hydrogen-bond acceptors (Lipinski definition) is 4. The van der Waals surface area contributed by atoms with E-state index in [1.807, 2.05) is 0 Å². The largest absolute Gasteiger partial charge is 0.269 e. The molecule has 1 aromatic carbocycles. The maximum absolute atomic E-state index is 12.2. The lowest BCUT2D eigenvalue weighted by atomic mass is 9.89. The van der Waals surface area contributed by atoms with Crippen molar-refractivity contribution < 1.29 is 13.3 Å². The monoisotopic (exact) mass is 310 g/mol. The van der Waals surface area contributed by atoms with Crippen LogP contribution in [0.1, 0.15) is 25.7 Å². The van der Waals surface area contributed by atoms with Crippen molar-refractivity contribution >= 4 is 15.7 Å². The van der Waals surface area contributed by atoms with E-state index >= 15 is 0 Å². The lowest BCUT2D eigenvalue weighted by molar-refractivity contribution is -0.384. The molecule has 2 saturated carbocycles. The highest BCUT2D eigenvalue weighted by atomic mass is 32.2. The van der Waals surface area contributed by atoms with Gasteiger partial charge in [0.1, 0.15) is 0 Å². The Balaban J connectivity index is 1.65. The van der Waals surface area contributed by atoms with Gasteiger partial charge in [-0.3, -0.25) is 10.1 Å². The second-order valence-corrected chi connectivity index (χ2v) is 7.80. The zero-order valence-electron chi connectivity index (χ0n) is 11.6. The number of nitrogens with zero attached hydrogens (tertiary/aromatic N) is 1. The highest BCUT2D eigenvalue weighted by molar-refractivity contribution is 7.89. The lowest BCUT2D eigenvalue weighted by Crippen LogP contribution is -2.31. The summed E-state index contributed by atoms with van der Waals surface area (Å²) in [6.07, 6.45) is 4.86. The molecule has 2 bridgehead atoms. The van der Waals surface area contributed by atoms with Gasteiger partial charge in [-0.25, -0.2) is 13.1 Å². The summed E-state index contributed by atoms with van der Waals surface area (Å²) in [5.74, 6) is 1.88. The topological polar surface area (TPSA) is 89.3 Å². The Kier molecular flexibility index (Phi) is 3.71. The first kappa shape index (κ1) is 14.5. The van der Waals surface area contributed by atoms with E-state index < -0.39 is 14.9 Å². The van der Waals surface area contributed by atoms with Gasteiger partial charge in [0.25, 0.3) is 5.69 Å². The van der Waals surface area contributed by atoms with Crippen molar-refractivity contribution in [1.29, 1.82) is 0 Å². The number of sulfonamides is 1. The van der Waals surface area contributed by atoms with Gasteiger partial charge in [0.05, 0.1) is 9.82 Å². The Hall–Kier alpha value is -1.47. The van der Waals surface area contributed by atoms with Gasteiger partial charge in [-0.05, 0) is 49.1 Å². The van der Waals surface area contributed by atoms with Gasteiger partial charge in [0.15, 0.2) is 0 Å². The van der Waals surface area contributed by atoms with Crippen LogP contribution in [0.4, 0.5) is 5.69 Å². The van der Waals surface area contributed by atoms with Crippen LogP contribution in [-0.2, 0) is 10.0 Å². The fourth-order valence-electron chi connectivity index (χ4n) is 3.67. The molecule has 2 aliphatic rings. The molecule has 0 amide bonds. The third-order valence-corrected chi connectivity index (χ3v) is 6.22. The second kappa shape index (κ2) is 5.38. The Morgan fingerprint density at radius 1 is 1.19 bits per heavy atom. The number of benzene rings is 1. The van der Waals surface area contributed by atoms with E-state index in [4.69, 9.17) is 0 Å². The molecule has 0 radical (unpaired) electrons. The minimum absolute atomic E-state index is 0.0799. The second-order valence-electron chi connectivity index (χ2n) is 6.04. The average molecular weight is 310 g/mol. The van der Waals surface area contributed by atoms with Gasteiger partial charge in [-0.1, -0.05) is 6.42 Å². The van der Waals surface area contributed by atoms with Crippen molar-refractivity contribution in [3.63, 3.8) is 0 Å². The average Bonchev–Trinajstić information content (AvgIpc) is 3.08. The zero-order valence-corrected chi connectivity index (χ0v) is 12.4. The third-order valence-electron chi connectivity index (χ3n) is 4.78. The molecule has 7 heteroatoms. The van der Waals surface area contributed by atoms with Crippen molar-refractivity contribution in [3.05, 3.63) is 34.4 Å². The number of nitro benzene ring substituents is 1. The normalized spacial score (nSPS) is 27.9. The van der Waals surface area contributed by atoms with Crippen LogP contribution in [0.3, 0.4) is 0 Å². The van der Waals surface area contributed by atoms with E-state index in [0.717, 1.165) is 12.3 Å². The molecule has 0 aromatic heterocycles. The van der Waals surface area contributed by atoms with Gasteiger partial charge in [0, 0.05) is 18.7 Å². The molecule has 0 unspecified atom stereocenters. The van der Waals surface area contributed by atoms with Crippen molar-refractivity contribution in [1.82, 2.24) is 4.72 Å². The van der Waals surface area contributed by atoms with E-state index in [0.29, 0.717) is 18.4 Å². The number of non-ortho nitro benzene ring substituents is 1. The molecule has 21 heavy (non-hydrogen) atoms. The van der Waals surface area contributed by atoms with Gasteiger partial charge in [-0.15, -0.1) is 0 Å². The van der Waals surface area contributed by atoms with Gasteiger partial charge in [0.2, 0.25) is 10.0 Å². The molecule has 0 heterocycles. The molecular formula is C14H18N2O4S. The summed E-state index contributed by atoms with van der Waals surface area (Å²) in [6, 6.07) is 4.99. The number of nitro groups is 1. The van der Waals surface area contributed by atoms with Gasteiger partial charge >= 0.3 is 0 Å². The fraction of sp³-hybridized carbons (Fsp3) is 0.571. The first-order valence-corrected chi connectivity index (χ1v) is 8.68. The Labute approximate surface area is 123 Å². The van der Waals surface area contributed by atoms with Crippen molar-refractivity contribution in [2.45, 2.75) is 30.6 Å². The van der Waals surface area contributed by atoms with Crippen molar-refractivity contribution in [2.75, 3.05) is 6.54 Å². The van der Waals surface area contributed by atoms with Crippen LogP contribution in [0.25, 0.3) is 0 Å². The Morgan fingerprint density at radius 3 is 2.43 bits per heavy atom. The predicted octanol–water partition coefficient (Wildman–Crippen LogP) is 2.31. The van der Waals surface area contributed by atoms with Gasteiger partial charge in [-0.2, -0.15) is 0 Å². The van der Waals surface area contributed by atoms with E-state index in [1.165, 1.54) is 43.5 Å². The summed E-state index contributed by atoms with van der Waals surface area (Å²) < 4.78 is 27.0. The minimum Gasteiger partial charge on any atom is -0.258 e. The molecule has 3 atom stereocenters. The molecule has 0 saturated heterocycles. The standard InChI is InChI=1S/C14H18N2O4S/c17-16(18)13-3-5-14(6-4-13)21(19,20)15-9-12-8-10-1-2-11(12)7-10/h3-6,10-12,15H,1-2,7-9H2/t10-,11-,12+/m0/s1. The van der Waals surface area contributed by atoms with Crippen molar-refractivity contribution in [2.24, 2.45) is 17.8 Å². The number of rotatable bonds is 5. The SMILES string of the molecule is O=[N+]([O-])c1ccc(S(=O)(=O)NC[C@H]2C[C@H]3CC[C@H]2C3)cc1. The first-order valence-electron chi connectivity index (χ1n) is 7.20. The molecule has 0 aliphatic heterocycles. The fourth-order valence-corrected chi connectivity index (χ4v) is 4.77. The van der Waals surface area contributed by atoms with Crippen LogP contribution < -0.4 is 4.72 Å². The Morgan fingerprint density at radius 2 is 1.90 bits per heavy atom. The van der Waals surface area contributed by atoms with Crippen LogP contribution >= 0.6 is 0 Å². The molecule has 2 fully saturated rings. The predicted molar refractivity (Wildman–Crippen MR) is 77.2 cm³/mol. The number of hydrogen-bond donors (Lipinski definition) is 1. The van der Waals surface area contributed by atoms with E-state index in [2.05, 4.69) is 4.72 Å². The van der Waals surface area contributed by atoms with Crippen LogP contribution in [-0.4, -0.2) is 19.9 Å². The molecule has 1 aromatic rings. The van der Waals surface area contributed by atoms with E-state index in [1.54, 1.807) is 0 Å². The summed E-state index contributed by atoms with van der Waals surface area (Å²) in [7, 11) is -3.58. The maximum Gasteiger partial charge on any atom is 0.269 e. The van der Waals surface area contributed by atoms with E-state index in [-0.39, 0.29) is 10.6 Å². The number of nitrogens with one attached hydrogen (secondary N) is 1. The molecule has 114 valence electrons. The summed E-state index contributed by atoms with van der Waals surface area (Å²) in [5.41, 5.74) is -0.109. The first-order chi connectivity index (χ1) is 9.95. The Bertz CT molecular complexity index is 641. The summed E-state index contributed by atoms with van der Waals surface area (Å²) >= 11 is 0. The molecule has 1 N–H and O–H groups in total. The number of fused-ring (bicyclic) bond motifs is 2. The highest BCUT2D eigenvalue weighted by Gasteiger charge is 2.39.